The summed E-state index contributed by atoms with van der Waals surface area (Å²) in [6.07, 6.45) is 0. The fraction of sp³-hybridized carbons (Fsp3) is 0.211. The molecular weight excluding hydrogens is 407 g/mol. The highest BCUT2D eigenvalue weighted by Crippen LogP contribution is 2.34. The summed E-state index contributed by atoms with van der Waals surface area (Å²) in [5.41, 5.74) is 3.08. The Labute approximate surface area is 166 Å². The summed E-state index contributed by atoms with van der Waals surface area (Å²) >= 11 is -4.64. The zero-order valence-electron chi connectivity index (χ0n) is 14.7. The third kappa shape index (κ3) is 4.44. The molecule has 28 heavy (non-hydrogen) atoms. The van der Waals surface area contributed by atoms with Crippen LogP contribution >= 0.6 is 0 Å². The maximum atomic E-state index is 14.2. The maximum absolute atomic E-state index is 14.2. The lowest BCUT2D eigenvalue weighted by Gasteiger charge is -2.12. The molecule has 2 aromatic carbocycles. The van der Waals surface area contributed by atoms with E-state index in [1.807, 2.05) is 0 Å². The van der Waals surface area contributed by atoms with Crippen LogP contribution in [0, 0.1) is 12.7 Å². The fourth-order valence-electron chi connectivity index (χ4n) is 3.04. The van der Waals surface area contributed by atoms with Crippen LogP contribution in [0.15, 0.2) is 36.4 Å². The van der Waals surface area contributed by atoms with Crippen molar-refractivity contribution in [3.8, 4) is 0 Å². The molecule has 3 rings (SSSR count). The number of benzene rings is 2. The van der Waals surface area contributed by atoms with E-state index in [1.54, 1.807) is 31.2 Å². The van der Waals surface area contributed by atoms with E-state index in [2.05, 4.69) is 0 Å². The average molecular weight is 422 g/mol. The van der Waals surface area contributed by atoms with Crippen molar-refractivity contribution in [1.82, 2.24) is 0 Å². The van der Waals surface area contributed by atoms with Gasteiger partial charge in [0.25, 0.3) is 0 Å². The normalized spacial score (nSPS) is 16.2. The molecule has 0 aliphatic carbocycles. The van der Waals surface area contributed by atoms with Crippen molar-refractivity contribution in [2.45, 2.75) is 18.4 Å². The van der Waals surface area contributed by atoms with Crippen molar-refractivity contribution in [2.24, 2.45) is 0 Å². The molecule has 0 aromatic heterocycles. The Balaban J connectivity index is 2.03. The molecule has 0 saturated carbocycles. The Bertz CT molecular complexity index is 1030. The quantitative estimate of drug-likeness (QED) is 0.523. The number of halogens is 1. The second-order valence-corrected chi connectivity index (χ2v) is 8.07. The number of cyclic esters (lactones) is 1. The largest absolute Gasteiger partial charge is 0.772 e. The van der Waals surface area contributed by atoms with Gasteiger partial charge in [0.1, 0.15) is 12.4 Å². The van der Waals surface area contributed by atoms with Crippen LogP contribution in [-0.2, 0) is 43.2 Å². The second kappa shape index (κ2) is 8.44. The van der Waals surface area contributed by atoms with Crippen LogP contribution in [0.2, 0.25) is 0 Å². The number of carbonyl (C=O) groups excluding carboxylic acids is 1. The van der Waals surface area contributed by atoms with Gasteiger partial charge in [0.15, 0.2) is 0 Å². The van der Waals surface area contributed by atoms with Crippen molar-refractivity contribution < 1.29 is 31.4 Å². The molecule has 0 radical (unpaired) electrons. The Morgan fingerprint density at radius 3 is 2.21 bits per heavy atom. The lowest BCUT2D eigenvalue weighted by Crippen LogP contribution is -2.01. The first-order chi connectivity index (χ1) is 13.3. The Hall–Kier alpha value is -2.20. The highest BCUT2D eigenvalue weighted by Gasteiger charge is 2.28. The SMILES string of the molecule is Cc1cc(C2=C(c3ccc(CS(=O)[O-])c(F)c3)COC2=O)ccc1CS(=O)[O-]. The smallest absolute Gasteiger partial charge is 0.339 e. The number of ether oxygens (including phenoxy) is 1. The van der Waals surface area contributed by atoms with Gasteiger partial charge in [-0.2, -0.15) is 0 Å². The minimum Gasteiger partial charge on any atom is -0.772 e. The molecule has 0 N–H and O–H groups in total. The fourth-order valence-corrected chi connectivity index (χ4v) is 4.11. The molecule has 0 fully saturated rings. The minimum atomic E-state index is -2.41. The van der Waals surface area contributed by atoms with Gasteiger partial charge in [0.2, 0.25) is 0 Å². The number of hydrogen-bond donors (Lipinski definition) is 0. The molecule has 0 saturated heterocycles. The lowest BCUT2D eigenvalue weighted by molar-refractivity contribution is -0.133. The van der Waals surface area contributed by atoms with E-state index < -0.39 is 39.7 Å². The summed E-state index contributed by atoms with van der Waals surface area (Å²) < 4.78 is 62.8. The van der Waals surface area contributed by atoms with E-state index in [4.69, 9.17) is 4.74 Å². The molecule has 9 heteroatoms. The van der Waals surface area contributed by atoms with Crippen LogP contribution in [0.25, 0.3) is 11.1 Å². The summed E-state index contributed by atoms with van der Waals surface area (Å²) in [5, 5.41) is 0. The van der Waals surface area contributed by atoms with E-state index in [-0.39, 0.29) is 23.5 Å². The highest BCUT2D eigenvalue weighted by atomic mass is 32.2. The third-order valence-electron chi connectivity index (χ3n) is 4.43. The summed E-state index contributed by atoms with van der Waals surface area (Å²) in [4.78, 5) is 12.3. The molecule has 148 valence electrons. The van der Waals surface area contributed by atoms with Crippen molar-refractivity contribution in [2.75, 3.05) is 6.61 Å². The zero-order chi connectivity index (χ0) is 20.4. The number of hydrogen-bond acceptors (Lipinski definition) is 6. The highest BCUT2D eigenvalue weighted by molar-refractivity contribution is 7.78. The molecule has 1 aliphatic heterocycles. The van der Waals surface area contributed by atoms with Gasteiger partial charge in [-0.1, -0.05) is 52.5 Å². The molecule has 0 amide bonds. The molecular formula is C19H15FO6S2-2. The van der Waals surface area contributed by atoms with Crippen LogP contribution in [0.4, 0.5) is 4.39 Å². The predicted molar refractivity (Wildman–Crippen MR) is 101 cm³/mol. The Morgan fingerprint density at radius 1 is 1.00 bits per heavy atom. The third-order valence-corrected chi connectivity index (χ3v) is 5.53. The van der Waals surface area contributed by atoms with Crippen LogP contribution in [0.5, 0.6) is 0 Å². The summed E-state index contributed by atoms with van der Waals surface area (Å²) in [6, 6.07) is 9.04. The molecule has 2 unspecified atom stereocenters. The summed E-state index contributed by atoms with van der Waals surface area (Å²) in [7, 11) is 0. The molecule has 6 nitrogen and oxygen atoms in total. The van der Waals surface area contributed by atoms with Crippen molar-refractivity contribution in [3.05, 3.63) is 70.0 Å². The van der Waals surface area contributed by atoms with Crippen molar-refractivity contribution >= 4 is 39.3 Å². The van der Waals surface area contributed by atoms with Crippen LogP contribution in [0.1, 0.15) is 27.8 Å². The number of esters is 1. The summed E-state index contributed by atoms with van der Waals surface area (Å²) in [6.45, 7) is 1.70. The maximum Gasteiger partial charge on any atom is 0.339 e. The standard InChI is InChI=1S/C19H17FO6S2/c1-11-6-13(3-4-14(11)9-27(22)23)18-16(8-26-19(18)21)12-2-5-15(10-28(24)25)17(20)7-12/h2-7H,8-10H2,1H3,(H,22,23)(H,24,25)/p-2. The van der Waals surface area contributed by atoms with Gasteiger partial charge in [-0.3, -0.25) is 8.42 Å². The number of carbonyl (C=O) groups is 1. The van der Waals surface area contributed by atoms with Crippen molar-refractivity contribution in [1.29, 1.82) is 0 Å². The first-order valence-corrected chi connectivity index (χ1v) is 10.7. The molecule has 0 bridgehead atoms. The van der Waals surface area contributed by atoms with E-state index >= 15 is 0 Å². The van der Waals surface area contributed by atoms with Gasteiger partial charge in [-0.25, -0.2) is 9.18 Å². The lowest BCUT2D eigenvalue weighted by atomic mass is 9.94. The Kier molecular flexibility index (Phi) is 6.19. The topological polar surface area (TPSA) is 107 Å². The van der Waals surface area contributed by atoms with E-state index in [9.17, 15) is 26.7 Å². The Morgan fingerprint density at radius 2 is 1.61 bits per heavy atom. The number of aryl methyl sites for hydroxylation is 1. The average Bonchev–Trinajstić information content (AvgIpc) is 2.99. The molecule has 2 aromatic rings. The van der Waals surface area contributed by atoms with E-state index in [0.717, 1.165) is 0 Å². The number of rotatable bonds is 6. The van der Waals surface area contributed by atoms with Crippen molar-refractivity contribution in [3.63, 3.8) is 0 Å². The van der Waals surface area contributed by atoms with E-state index in [1.165, 1.54) is 12.1 Å². The van der Waals surface area contributed by atoms with Crippen LogP contribution in [-0.4, -0.2) is 30.1 Å². The van der Waals surface area contributed by atoms with Gasteiger partial charge < -0.3 is 13.8 Å². The second-order valence-electron chi connectivity index (χ2n) is 6.27. The van der Waals surface area contributed by atoms with Gasteiger partial charge in [-0.15, -0.1) is 0 Å². The van der Waals surface area contributed by atoms with Gasteiger partial charge in [0, 0.05) is 17.1 Å². The molecule has 2 atom stereocenters. The molecule has 0 spiro atoms. The summed E-state index contributed by atoms with van der Waals surface area (Å²) in [5.74, 6) is -1.80. The molecule has 1 aliphatic rings. The molecule has 1 heterocycles. The van der Waals surface area contributed by atoms with Gasteiger partial charge in [-0.05, 0) is 40.8 Å². The van der Waals surface area contributed by atoms with Crippen LogP contribution < -0.4 is 0 Å². The first kappa shape index (κ1) is 20.5. The van der Waals surface area contributed by atoms with Crippen LogP contribution in [0.3, 0.4) is 0 Å². The monoisotopic (exact) mass is 422 g/mol. The first-order valence-electron chi connectivity index (χ1n) is 8.17. The zero-order valence-corrected chi connectivity index (χ0v) is 16.4. The van der Waals surface area contributed by atoms with Gasteiger partial charge >= 0.3 is 5.97 Å². The van der Waals surface area contributed by atoms with Gasteiger partial charge in [0.05, 0.1) is 5.57 Å². The minimum absolute atomic E-state index is 0.0359. The van der Waals surface area contributed by atoms with E-state index in [0.29, 0.717) is 27.8 Å². The predicted octanol–water partition coefficient (Wildman–Crippen LogP) is 2.36.